The first-order chi connectivity index (χ1) is 8.39. The van der Waals surface area contributed by atoms with Crippen molar-refractivity contribution in [1.82, 2.24) is 5.43 Å². The number of halogens is 1. The Balaban J connectivity index is 2.77. The van der Waals surface area contributed by atoms with Gasteiger partial charge in [0, 0.05) is 17.6 Å². The lowest BCUT2D eigenvalue weighted by atomic mass is 9.93. The highest BCUT2D eigenvalue weighted by Crippen LogP contribution is 2.27. The van der Waals surface area contributed by atoms with Crippen molar-refractivity contribution in [3.8, 4) is 0 Å². The number of methoxy groups -OCH3 is 1. The molecule has 4 heteroatoms. The topological polar surface area (TPSA) is 47.3 Å². The minimum Gasteiger partial charge on any atom is -0.379 e. The Labute approximate surface area is 118 Å². The van der Waals surface area contributed by atoms with Crippen molar-refractivity contribution in [2.24, 2.45) is 5.84 Å². The first-order valence-electron chi connectivity index (χ1n) is 6.17. The average molecular weight is 315 g/mol. The molecule has 1 unspecified atom stereocenters. The van der Waals surface area contributed by atoms with Gasteiger partial charge < -0.3 is 4.74 Å². The van der Waals surface area contributed by atoms with E-state index in [2.05, 4.69) is 54.3 Å². The van der Waals surface area contributed by atoms with Crippen molar-refractivity contribution < 1.29 is 4.74 Å². The molecule has 0 bridgehead atoms. The summed E-state index contributed by atoms with van der Waals surface area (Å²) >= 11 is 3.48. The van der Waals surface area contributed by atoms with E-state index in [0.717, 1.165) is 17.3 Å². The molecule has 0 heterocycles. The van der Waals surface area contributed by atoms with Crippen LogP contribution in [0.5, 0.6) is 0 Å². The zero-order valence-electron chi connectivity index (χ0n) is 11.6. The summed E-state index contributed by atoms with van der Waals surface area (Å²) in [6.45, 7) is 6.29. The number of hydrazine groups is 1. The molecule has 0 amide bonds. The van der Waals surface area contributed by atoms with Gasteiger partial charge in [0.05, 0.1) is 5.60 Å². The zero-order valence-corrected chi connectivity index (χ0v) is 13.2. The normalized spacial score (nSPS) is 13.7. The van der Waals surface area contributed by atoms with Gasteiger partial charge in [0.15, 0.2) is 0 Å². The van der Waals surface area contributed by atoms with Gasteiger partial charge in [-0.15, -0.1) is 0 Å². The van der Waals surface area contributed by atoms with E-state index in [1.807, 2.05) is 6.07 Å². The number of rotatable bonds is 6. The fourth-order valence-electron chi connectivity index (χ4n) is 1.95. The van der Waals surface area contributed by atoms with E-state index in [0.29, 0.717) is 0 Å². The number of nitrogens with one attached hydrogen (secondary N) is 1. The largest absolute Gasteiger partial charge is 0.379 e. The van der Waals surface area contributed by atoms with E-state index in [1.54, 1.807) is 7.11 Å². The lowest BCUT2D eigenvalue weighted by Crippen LogP contribution is -2.31. The highest BCUT2D eigenvalue weighted by atomic mass is 79.9. The molecule has 0 saturated heterocycles. The Kier molecular flexibility index (Phi) is 5.79. The Hall–Kier alpha value is -0.420. The molecule has 1 atom stereocenters. The Morgan fingerprint density at radius 3 is 2.61 bits per heavy atom. The molecule has 3 N–H and O–H groups in total. The van der Waals surface area contributed by atoms with E-state index in [1.165, 1.54) is 11.1 Å². The van der Waals surface area contributed by atoms with E-state index >= 15 is 0 Å². The second kappa shape index (κ2) is 6.66. The van der Waals surface area contributed by atoms with Crippen LogP contribution >= 0.6 is 15.9 Å². The molecule has 102 valence electrons. The van der Waals surface area contributed by atoms with Gasteiger partial charge in [-0.3, -0.25) is 11.3 Å². The van der Waals surface area contributed by atoms with Crippen LogP contribution < -0.4 is 11.3 Å². The average Bonchev–Trinajstić information content (AvgIpc) is 2.32. The predicted molar refractivity (Wildman–Crippen MR) is 79.3 cm³/mol. The van der Waals surface area contributed by atoms with Crippen LogP contribution in [0.15, 0.2) is 22.7 Å². The van der Waals surface area contributed by atoms with E-state index in [9.17, 15) is 0 Å². The Bertz CT molecular complexity index is 393. The number of hydrogen-bond acceptors (Lipinski definition) is 3. The summed E-state index contributed by atoms with van der Waals surface area (Å²) in [6, 6.07) is 6.44. The zero-order chi connectivity index (χ0) is 13.8. The first kappa shape index (κ1) is 15.6. The van der Waals surface area contributed by atoms with Crippen LogP contribution in [-0.4, -0.2) is 12.7 Å². The molecular weight excluding hydrogens is 292 g/mol. The fourth-order valence-corrected chi connectivity index (χ4v) is 2.43. The maximum atomic E-state index is 5.68. The van der Waals surface area contributed by atoms with Gasteiger partial charge in [-0.1, -0.05) is 22.0 Å². The van der Waals surface area contributed by atoms with Crippen molar-refractivity contribution in [3.05, 3.63) is 33.8 Å². The van der Waals surface area contributed by atoms with Crippen LogP contribution in [-0.2, 0) is 4.74 Å². The quantitative estimate of drug-likeness (QED) is 0.624. The SMILES string of the molecule is COC(C)(C)CCC(NN)c1ccc(Br)cc1C. The molecule has 0 saturated carbocycles. The number of nitrogens with two attached hydrogens (primary N) is 1. The molecule has 3 nitrogen and oxygen atoms in total. The van der Waals surface area contributed by atoms with Crippen LogP contribution in [0.1, 0.15) is 43.9 Å². The Morgan fingerprint density at radius 2 is 2.11 bits per heavy atom. The summed E-state index contributed by atoms with van der Waals surface area (Å²) in [7, 11) is 1.75. The molecular formula is C14H23BrN2O. The van der Waals surface area contributed by atoms with Crippen molar-refractivity contribution >= 4 is 15.9 Å². The maximum Gasteiger partial charge on any atom is 0.0623 e. The predicted octanol–water partition coefficient (Wildman–Crippen LogP) is 3.47. The van der Waals surface area contributed by atoms with Crippen LogP contribution in [0, 0.1) is 6.92 Å². The smallest absolute Gasteiger partial charge is 0.0623 e. The first-order valence-corrected chi connectivity index (χ1v) is 6.96. The van der Waals surface area contributed by atoms with Gasteiger partial charge in [-0.05, 0) is 56.9 Å². The van der Waals surface area contributed by atoms with Gasteiger partial charge in [-0.25, -0.2) is 0 Å². The van der Waals surface area contributed by atoms with Crippen LogP contribution in [0.25, 0.3) is 0 Å². The third-order valence-corrected chi connectivity index (χ3v) is 3.89. The second-order valence-corrected chi connectivity index (χ2v) is 6.14. The third-order valence-electron chi connectivity index (χ3n) is 3.40. The number of aryl methyl sites for hydroxylation is 1. The molecule has 0 fully saturated rings. The van der Waals surface area contributed by atoms with Gasteiger partial charge in [0.25, 0.3) is 0 Å². The van der Waals surface area contributed by atoms with Crippen LogP contribution in [0.2, 0.25) is 0 Å². The molecule has 0 aliphatic carbocycles. The summed E-state index contributed by atoms with van der Waals surface area (Å²) in [6.07, 6.45) is 1.90. The minimum absolute atomic E-state index is 0.113. The summed E-state index contributed by atoms with van der Waals surface area (Å²) in [4.78, 5) is 0. The lowest BCUT2D eigenvalue weighted by molar-refractivity contribution is 0.0116. The van der Waals surface area contributed by atoms with E-state index in [-0.39, 0.29) is 11.6 Å². The third kappa shape index (κ3) is 4.35. The summed E-state index contributed by atoms with van der Waals surface area (Å²) in [5.74, 6) is 5.68. The summed E-state index contributed by atoms with van der Waals surface area (Å²) in [5.41, 5.74) is 5.27. The molecule has 1 aromatic rings. The molecule has 0 radical (unpaired) electrons. The van der Waals surface area contributed by atoms with Crippen molar-refractivity contribution in [2.45, 2.75) is 45.3 Å². The van der Waals surface area contributed by atoms with Gasteiger partial charge in [0.1, 0.15) is 0 Å². The van der Waals surface area contributed by atoms with Gasteiger partial charge in [0.2, 0.25) is 0 Å². The van der Waals surface area contributed by atoms with E-state index < -0.39 is 0 Å². The van der Waals surface area contributed by atoms with Crippen molar-refractivity contribution in [1.29, 1.82) is 0 Å². The highest BCUT2D eigenvalue weighted by molar-refractivity contribution is 9.10. The number of benzene rings is 1. The van der Waals surface area contributed by atoms with Crippen molar-refractivity contribution in [2.75, 3.05) is 7.11 Å². The summed E-state index contributed by atoms with van der Waals surface area (Å²) in [5, 5.41) is 0. The Morgan fingerprint density at radius 1 is 1.44 bits per heavy atom. The van der Waals surface area contributed by atoms with Crippen LogP contribution in [0.4, 0.5) is 0 Å². The molecule has 0 aliphatic rings. The number of hydrogen-bond donors (Lipinski definition) is 2. The lowest BCUT2D eigenvalue weighted by Gasteiger charge is -2.26. The van der Waals surface area contributed by atoms with Gasteiger partial charge in [-0.2, -0.15) is 0 Å². The van der Waals surface area contributed by atoms with Crippen molar-refractivity contribution in [3.63, 3.8) is 0 Å². The molecule has 1 aromatic carbocycles. The molecule has 1 rings (SSSR count). The maximum absolute atomic E-state index is 5.68. The molecule has 0 aromatic heterocycles. The monoisotopic (exact) mass is 314 g/mol. The standard InChI is InChI=1S/C14H23BrN2O/c1-10-9-11(15)5-6-12(10)13(17-16)7-8-14(2,3)18-4/h5-6,9,13,17H,7-8,16H2,1-4H3. The fraction of sp³-hybridized carbons (Fsp3) is 0.571. The minimum atomic E-state index is -0.113. The summed E-state index contributed by atoms with van der Waals surface area (Å²) < 4.78 is 6.54. The molecule has 0 spiro atoms. The number of ether oxygens (including phenoxy) is 1. The second-order valence-electron chi connectivity index (χ2n) is 5.22. The molecule has 0 aliphatic heterocycles. The highest BCUT2D eigenvalue weighted by Gasteiger charge is 2.20. The van der Waals surface area contributed by atoms with Gasteiger partial charge >= 0.3 is 0 Å². The van der Waals surface area contributed by atoms with E-state index in [4.69, 9.17) is 10.6 Å². The van der Waals surface area contributed by atoms with Crippen LogP contribution in [0.3, 0.4) is 0 Å². The molecule has 18 heavy (non-hydrogen) atoms.